The topological polar surface area (TPSA) is 55.8 Å². The van der Waals surface area contributed by atoms with Crippen molar-refractivity contribution in [2.75, 3.05) is 27.4 Å². The van der Waals surface area contributed by atoms with Crippen molar-refractivity contribution in [3.05, 3.63) is 35.9 Å². The van der Waals surface area contributed by atoms with Gasteiger partial charge in [-0.3, -0.25) is 9.59 Å². The standard InChI is InChI=1S/C14H19NO4/c1-18-11-13(16)15(9-8-14(17)19-2)10-12-6-4-3-5-7-12/h3-7H,8-11H2,1-2H3. The van der Waals surface area contributed by atoms with Crippen molar-refractivity contribution in [3.63, 3.8) is 0 Å². The first-order chi connectivity index (χ1) is 9.17. The monoisotopic (exact) mass is 265 g/mol. The second-order valence-corrected chi connectivity index (χ2v) is 4.06. The van der Waals surface area contributed by atoms with Gasteiger partial charge in [-0.15, -0.1) is 0 Å². The summed E-state index contributed by atoms with van der Waals surface area (Å²) in [4.78, 5) is 24.6. The van der Waals surface area contributed by atoms with Crippen LogP contribution < -0.4 is 0 Å². The lowest BCUT2D eigenvalue weighted by atomic mass is 10.2. The van der Waals surface area contributed by atoms with Crippen molar-refractivity contribution in [3.8, 4) is 0 Å². The van der Waals surface area contributed by atoms with E-state index in [0.717, 1.165) is 5.56 Å². The Labute approximate surface area is 113 Å². The van der Waals surface area contributed by atoms with Gasteiger partial charge in [0.15, 0.2) is 0 Å². The molecule has 104 valence electrons. The zero-order chi connectivity index (χ0) is 14.1. The maximum atomic E-state index is 11.9. The van der Waals surface area contributed by atoms with E-state index in [1.54, 1.807) is 4.90 Å². The summed E-state index contributed by atoms with van der Waals surface area (Å²) >= 11 is 0. The summed E-state index contributed by atoms with van der Waals surface area (Å²) in [6.07, 6.45) is 0.179. The fraction of sp³-hybridized carbons (Fsp3) is 0.429. The summed E-state index contributed by atoms with van der Waals surface area (Å²) in [6, 6.07) is 9.61. The molecule has 0 aliphatic heterocycles. The van der Waals surface area contributed by atoms with Crippen LogP contribution in [0.15, 0.2) is 30.3 Å². The Bertz CT molecular complexity index is 405. The van der Waals surface area contributed by atoms with Crippen LogP contribution in [0.5, 0.6) is 0 Å². The number of hydrogen-bond acceptors (Lipinski definition) is 4. The normalized spacial score (nSPS) is 10.0. The van der Waals surface area contributed by atoms with Crippen molar-refractivity contribution < 1.29 is 19.1 Å². The Kier molecular flexibility index (Phi) is 6.60. The average molecular weight is 265 g/mol. The Hall–Kier alpha value is -1.88. The molecule has 0 bridgehead atoms. The molecule has 5 heteroatoms. The number of hydrogen-bond donors (Lipinski definition) is 0. The minimum atomic E-state index is -0.330. The molecule has 1 amide bonds. The minimum absolute atomic E-state index is 0.00794. The molecule has 0 unspecified atom stereocenters. The fourth-order valence-electron chi connectivity index (χ4n) is 1.64. The van der Waals surface area contributed by atoms with Crippen LogP contribution in [0.1, 0.15) is 12.0 Å². The zero-order valence-corrected chi connectivity index (χ0v) is 11.3. The van der Waals surface area contributed by atoms with Crippen molar-refractivity contribution in [2.45, 2.75) is 13.0 Å². The molecule has 0 atom stereocenters. The maximum Gasteiger partial charge on any atom is 0.307 e. The summed E-state index contributed by atoms with van der Waals surface area (Å²) in [5.41, 5.74) is 1.01. The average Bonchev–Trinajstić information content (AvgIpc) is 2.44. The van der Waals surface area contributed by atoms with Gasteiger partial charge in [0.2, 0.25) is 5.91 Å². The minimum Gasteiger partial charge on any atom is -0.469 e. The SMILES string of the molecule is COCC(=O)N(CCC(=O)OC)Cc1ccccc1. The zero-order valence-electron chi connectivity index (χ0n) is 11.3. The highest BCUT2D eigenvalue weighted by molar-refractivity contribution is 5.78. The second-order valence-electron chi connectivity index (χ2n) is 4.06. The summed E-state index contributed by atoms with van der Waals surface area (Å²) < 4.78 is 9.43. The van der Waals surface area contributed by atoms with Gasteiger partial charge >= 0.3 is 5.97 Å². The number of amides is 1. The summed E-state index contributed by atoms with van der Waals surface area (Å²) in [5.74, 6) is -0.474. The summed E-state index contributed by atoms with van der Waals surface area (Å²) in [7, 11) is 2.81. The second kappa shape index (κ2) is 8.26. The Balaban J connectivity index is 2.63. The molecule has 19 heavy (non-hydrogen) atoms. The van der Waals surface area contributed by atoms with E-state index in [0.29, 0.717) is 13.1 Å². The lowest BCUT2D eigenvalue weighted by molar-refractivity contribution is -0.142. The van der Waals surface area contributed by atoms with E-state index in [4.69, 9.17) is 4.74 Å². The third-order valence-corrected chi connectivity index (χ3v) is 2.65. The van der Waals surface area contributed by atoms with Crippen molar-refractivity contribution in [1.29, 1.82) is 0 Å². The van der Waals surface area contributed by atoms with Gasteiger partial charge in [0.05, 0.1) is 13.5 Å². The van der Waals surface area contributed by atoms with Gasteiger partial charge < -0.3 is 14.4 Å². The van der Waals surface area contributed by atoms with Gasteiger partial charge in [0, 0.05) is 20.2 Å². The largest absolute Gasteiger partial charge is 0.469 e. The van der Waals surface area contributed by atoms with Crippen LogP contribution in [0.2, 0.25) is 0 Å². The number of carbonyl (C=O) groups excluding carboxylic acids is 2. The van der Waals surface area contributed by atoms with Crippen LogP contribution in [-0.2, 0) is 25.6 Å². The highest BCUT2D eigenvalue weighted by Crippen LogP contribution is 2.06. The highest BCUT2D eigenvalue weighted by atomic mass is 16.5. The molecule has 1 rings (SSSR count). The van der Waals surface area contributed by atoms with Gasteiger partial charge in [-0.1, -0.05) is 30.3 Å². The molecule has 0 aliphatic carbocycles. The third kappa shape index (κ3) is 5.52. The van der Waals surface area contributed by atoms with E-state index in [1.807, 2.05) is 30.3 Å². The predicted octanol–water partition coefficient (Wildman–Crippen LogP) is 1.22. The summed E-state index contributed by atoms with van der Waals surface area (Å²) in [5, 5.41) is 0. The van der Waals surface area contributed by atoms with Crippen LogP contribution in [0, 0.1) is 0 Å². The number of nitrogens with zero attached hydrogens (tertiary/aromatic N) is 1. The van der Waals surface area contributed by atoms with Crippen molar-refractivity contribution in [1.82, 2.24) is 4.90 Å². The lowest BCUT2D eigenvalue weighted by Gasteiger charge is -2.22. The van der Waals surface area contributed by atoms with Crippen molar-refractivity contribution in [2.24, 2.45) is 0 Å². The van der Waals surface area contributed by atoms with E-state index in [-0.39, 0.29) is 24.9 Å². The molecule has 0 N–H and O–H groups in total. The number of esters is 1. The van der Waals surface area contributed by atoms with Crippen LogP contribution in [0.25, 0.3) is 0 Å². The Morgan fingerprint density at radius 1 is 1.16 bits per heavy atom. The third-order valence-electron chi connectivity index (χ3n) is 2.65. The molecule has 1 aromatic carbocycles. The van der Waals surface area contributed by atoms with Crippen LogP contribution in [0.4, 0.5) is 0 Å². The molecule has 0 aromatic heterocycles. The first kappa shape index (κ1) is 15.2. The molecule has 5 nitrogen and oxygen atoms in total. The number of ether oxygens (including phenoxy) is 2. The molecule has 0 radical (unpaired) electrons. The van der Waals surface area contributed by atoms with E-state index < -0.39 is 0 Å². The molecular weight excluding hydrogens is 246 g/mol. The van der Waals surface area contributed by atoms with Crippen LogP contribution in [-0.4, -0.2) is 44.1 Å². The quantitative estimate of drug-likeness (QED) is 0.696. The summed E-state index contributed by atoms with van der Waals surface area (Å²) in [6.45, 7) is 0.789. The van der Waals surface area contributed by atoms with E-state index in [2.05, 4.69) is 4.74 Å². The molecule has 0 saturated heterocycles. The van der Waals surface area contributed by atoms with E-state index in [1.165, 1.54) is 14.2 Å². The number of rotatable bonds is 7. The molecule has 0 spiro atoms. The highest BCUT2D eigenvalue weighted by Gasteiger charge is 2.15. The molecule has 0 saturated carbocycles. The first-order valence-electron chi connectivity index (χ1n) is 6.04. The Morgan fingerprint density at radius 3 is 2.42 bits per heavy atom. The lowest BCUT2D eigenvalue weighted by Crippen LogP contribution is -2.35. The smallest absolute Gasteiger partial charge is 0.307 e. The Morgan fingerprint density at radius 2 is 1.84 bits per heavy atom. The maximum absolute atomic E-state index is 11.9. The van der Waals surface area contributed by atoms with Gasteiger partial charge in [-0.05, 0) is 5.56 Å². The molecule has 1 aromatic rings. The van der Waals surface area contributed by atoms with Crippen LogP contribution in [0.3, 0.4) is 0 Å². The number of benzene rings is 1. The van der Waals surface area contributed by atoms with E-state index >= 15 is 0 Å². The van der Waals surface area contributed by atoms with Gasteiger partial charge in [0.25, 0.3) is 0 Å². The molecule has 0 heterocycles. The van der Waals surface area contributed by atoms with Crippen molar-refractivity contribution >= 4 is 11.9 Å². The van der Waals surface area contributed by atoms with E-state index in [9.17, 15) is 9.59 Å². The van der Waals surface area contributed by atoms with Gasteiger partial charge in [0.1, 0.15) is 6.61 Å². The first-order valence-corrected chi connectivity index (χ1v) is 6.04. The molecule has 0 aliphatic rings. The number of carbonyl (C=O) groups is 2. The fourth-order valence-corrected chi connectivity index (χ4v) is 1.64. The van der Waals surface area contributed by atoms with Gasteiger partial charge in [-0.25, -0.2) is 0 Å². The number of methoxy groups -OCH3 is 2. The molecule has 0 fully saturated rings. The van der Waals surface area contributed by atoms with Crippen LogP contribution >= 0.6 is 0 Å². The molecular formula is C14H19NO4. The van der Waals surface area contributed by atoms with Gasteiger partial charge in [-0.2, -0.15) is 0 Å². The predicted molar refractivity (Wildman–Crippen MR) is 70.4 cm³/mol.